The summed E-state index contributed by atoms with van der Waals surface area (Å²) in [6.07, 6.45) is 0. The van der Waals surface area contributed by atoms with Gasteiger partial charge in [0, 0.05) is 11.4 Å². The van der Waals surface area contributed by atoms with E-state index in [0.717, 1.165) is 4.90 Å². The molecule has 1 aromatic rings. The second-order valence-electron chi connectivity index (χ2n) is 3.31. The molecule has 1 N–H and O–H groups in total. The Morgan fingerprint density at radius 2 is 2.00 bits per heavy atom. The van der Waals surface area contributed by atoms with Crippen LogP contribution in [0, 0.1) is 0 Å². The van der Waals surface area contributed by atoms with Crippen LogP contribution in [0.2, 0.25) is 0 Å². The number of hydrogen-bond donors (Lipinski definition) is 1. The number of rotatable bonds is 2. The van der Waals surface area contributed by atoms with Crippen LogP contribution in [0.15, 0.2) is 35.2 Å². The molecule has 0 spiro atoms. The fourth-order valence-corrected chi connectivity index (χ4v) is 2.52. The Morgan fingerprint density at radius 1 is 1.29 bits per heavy atom. The lowest BCUT2D eigenvalue weighted by Crippen LogP contribution is -2.28. The fraction of sp³-hybridized carbons (Fsp3) is 0.400. The molecule has 1 unspecified atom stereocenters. The molecule has 1 atom stereocenters. The second-order valence-corrected chi connectivity index (χ2v) is 4.59. The van der Waals surface area contributed by atoms with E-state index >= 15 is 0 Å². The van der Waals surface area contributed by atoms with Crippen molar-refractivity contribution in [3.63, 3.8) is 0 Å². The van der Waals surface area contributed by atoms with Crippen molar-refractivity contribution in [3.8, 4) is 0 Å². The molecule has 4 heteroatoms. The Morgan fingerprint density at radius 3 is 2.57 bits per heavy atom. The molecule has 0 radical (unpaired) electrons. The van der Waals surface area contributed by atoms with Gasteiger partial charge >= 0.3 is 0 Å². The molecule has 76 valence electrons. The third-order valence-corrected chi connectivity index (χ3v) is 3.52. The van der Waals surface area contributed by atoms with E-state index < -0.39 is 11.2 Å². The summed E-state index contributed by atoms with van der Waals surface area (Å²) < 4.78 is 26.4. The lowest BCUT2D eigenvalue weighted by Gasteiger charge is -2.16. The first-order chi connectivity index (χ1) is 6.68. The fourth-order valence-electron chi connectivity index (χ4n) is 1.42. The molecule has 2 rings (SSSR count). The van der Waals surface area contributed by atoms with Gasteiger partial charge in [0.25, 0.3) is 5.92 Å². The van der Waals surface area contributed by atoms with Gasteiger partial charge in [0.15, 0.2) is 0 Å². The Balaban J connectivity index is 2.05. The van der Waals surface area contributed by atoms with Gasteiger partial charge in [-0.25, -0.2) is 8.78 Å². The van der Waals surface area contributed by atoms with Crippen molar-refractivity contribution in [1.29, 1.82) is 0 Å². The zero-order chi connectivity index (χ0) is 10.0. The number of hydrogen-bond acceptors (Lipinski definition) is 2. The lowest BCUT2D eigenvalue weighted by atomic mass is 10.3. The maximum atomic E-state index is 13.2. The summed E-state index contributed by atoms with van der Waals surface area (Å²) in [4.78, 5) is 0.904. The van der Waals surface area contributed by atoms with Gasteiger partial charge in [-0.3, -0.25) is 0 Å². The minimum atomic E-state index is -2.58. The van der Waals surface area contributed by atoms with Crippen LogP contribution in [0.1, 0.15) is 0 Å². The molecule has 1 aromatic carbocycles. The quantitative estimate of drug-likeness (QED) is 0.813. The Bertz CT molecular complexity index is 302. The van der Waals surface area contributed by atoms with E-state index in [0.29, 0.717) is 6.54 Å². The topological polar surface area (TPSA) is 12.0 Å². The number of thioether (sulfide) groups is 1. The normalized spacial score (nSPS) is 25.1. The van der Waals surface area contributed by atoms with Crippen molar-refractivity contribution in [2.45, 2.75) is 16.1 Å². The molecule has 1 saturated heterocycles. The van der Waals surface area contributed by atoms with E-state index in [2.05, 4.69) is 5.32 Å². The van der Waals surface area contributed by atoms with Gasteiger partial charge in [-0.2, -0.15) is 0 Å². The van der Waals surface area contributed by atoms with Crippen molar-refractivity contribution in [2.75, 3.05) is 13.1 Å². The van der Waals surface area contributed by atoms with Gasteiger partial charge in [0.1, 0.15) is 0 Å². The predicted molar refractivity (Wildman–Crippen MR) is 53.9 cm³/mol. The summed E-state index contributed by atoms with van der Waals surface area (Å²) in [6, 6.07) is 9.33. The SMILES string of the molecule is FC1(F)CNCC1Sc1ccccc1. The van der Waals surface area contributed by atoms with Crippen LogP contribution < -0.4 is 5.32 Å². The lowest BCUT2D eigenvalue weighted by molar-refractivity contribution is 0.0292. The van der Waals surface area contributed by atoms with Gasteiger partial charge in [-0.15, -0.1) is 11.8 Å². The zero-order valence-electron chi connectivity index (χ0n) is 7.54. The summed E-state index contributed by atoms with van der Waals surface area (Å²) in [6.45, 7) is 0.185. The summed E-state index contributed by atoms with van der Waals surface area (Å²) in [5, 5.41) is 2.08. The number of halogens is 2. The van der Waals surface area contributed by atoms with Crippen LogP contribution in [0.4, 0.5) is 8.78 Å². The number of benzene rings is 1. The molecule has 1 nitrogen and oxygen atoms in total. The summed E-state index contributed by atoms with van der Waals surface area (Å²) in [5.41, 5.74) is 0. The van der Waals surface area contributed by atoms with Gasteiger partial charge in [-0.1, -0.05) is 18.2 Å². The minimum Gasteiger partial charge on any atom is -0.310 e. The van der Waals surface area contributed by atoms with E-state index in [9.17, 15) is 8.78 Å². The summed E-state index contributed by atoms with van der Waals surface area (Å²) in [5.74, 6) is -2.58. The smallest absolute Gasteiger partial charge is 0.273 e. The molecule has 0 saturated carbocycles. The van der Waals surface area contributed by atoms with Gasteiger partial charge in [0.2, 0.25) is 0 Å². The van der Waals surface area contributed by atoms with Crippen molar-refractivity contribution < 1.29 is 8.78 Å². The summed E-state index contributed by atoms with van der Waals surface area (Å²) in [7, 11) is 0. The standard InChI is InChI=1S/C10H11F2NS/c11-10(12)7-13-6-9(10)14-8-4-2-1-3-5-8/h1-5,9,13H,6-7H2. The largest absolute Gasteiger partial charge is 0.310 e. The molecule has 0 bridgehead atoms. The molecule has 0 amide bonds. The van der Waals surface area contributed by atoms with E-state index in [1.54, 1.807) is 0 Å². The first-order valence-corrected chi connectivity index (χ1v) is 5.37. The Labute approximate surface area is 85.9 Å². The third kappa shape index (κ3) is 2.07. The van der Waals surface area contributed by atoms with Gasteiger partial charge in [-0.05, 0) is 12.1 Å². The van der Waals surface area contributed by atoms with Crippen molar-refractivity contribution in [2.24, 2.45) is 0 Å². The van der Waals surface area contributed by atoms with Crippen molar-refractivity contribution in [1.82, 2.24) is 5.32 Å². The molecular weight excluding hydrogens is 204 g/mol. The maximum absolute atomic E-state index is 13.2. The highest BCUT2D eigenvalue weighted by Crippen LogP contribution is 2.35. The first-order valence-electron chi connectivity index (χ1n) is 4.49. The van der Waals surface area contributed by atoms with Crippen LogP contribution in [0.3, 0.4) is 0 Å². The molecule has 0 aliphatic carbocycles. The highest BCUT2D eigenvalue weighted by atomic mass is 32.2. The molecule has 14 heavy (non-hydrogen) atoms. The minimum absolute atomic E-state index is 0.197. The van der Waals surface area contributed by atoms with E-state index in [1.807, 2.05) is 30.3 Å². The van der Waals surface area contributed by atoms with Crippen molar-refractivity contribution in [3.05, 3.63) is 30.3 Å². The first kappa shape index (κ1) is 9.93. The molecule has 1 fully saturated rings. The second kappa shape index (κ2) is 3.87. The van der Waals surface area contributed by atoms with E-state index in [-0.39, 0.29) is 6.54 Å². The molecular formula is C10H11F2NS. The van der Waals surface area contributed by atoms with Crippen LogP contribution in [0.25, 0.3) is 0 Å². The van der Waals surface area contributed by atoms with Crippen LogP contribution >= 0.6 is 11.8 Å². The Hall–Kier alpha value is -0.610. The van der Waals surface area contributed by atoms with E-state index in [4.69, 9.17) is 0 Å². The van der Waals surface area contributed by atoms with Crippen LogP contribution in [-0.2, 0) is 0 Å². The highest BCUT2D eigenvalue weighted by molar-refractivity contribution is 8.00. The van der Waals surface area contributed by atoms with E-state index in [1.165, 1.54) is 11.8 Å². The van der Waals surface area contributed by atoms with Crippen LogP contribution in [0.5, 0.6) is 0 Å². The average Bonchev–Trinajstić information content (AvgIpc) is 2.48. The number of alkyl halides is 2. The van der Waals surface area contributed by atoms with Gasteiger partial charge < -0.3 is 5.32 Å². The maximum Gasteiger partial charge on any atom is 0.273 e. The molecule has 1 aliphatic heterocycles. The zero-order valence-corrected chi connectivity index (χ0v) is 8.36. The van der Waals surface area contributed by atoms with Gasteiger partial charge in [0.05, 0.1) is 11.8 Å². The van der Waals surface area contributed by atoms with Crippen LogP contribution in [-0.4, -0.2) is 24.3 Å². The predicted octanol–water partition coefficient (Wildman–Crippen LogP) is 2.39. The Kier molecular flexibility index (Phi) is 2.74. The highest BCUT2D eigenvalue weighted by Gasteiger charge is 2.44. The van der Waals surface area contributed by atoms with Crippen molar-refractivity contribution >= 4 is 11.8 Å². The number of nitrogens with one attached hydrogen (secondary N) is 1. The summed E-state index contributed by atoms with van der Waals surface area (Å²) >= 11 is 1.25. The third-order valence-electron chi connectivity index (χ3n) is 2.18. The molecule has 1 heterocycles. The monoisotopic (exact) mass is 215 g/mol. The average molecular weight is 215 g/mol. The molecule has 1 aliphatic rings. The molecule has 0 aromatic heterocycles.